The fraction of sp³-hybridized carbons (Fsp3) is 0.0714. The van der Waals surface area contributed by atoms with E-state index < -0.39 is 0 Å². The molecule has 0 aliphatic heterocycles. The van der Waals surface area contributed by atoms with E-state index in [4.69, 9.17) is 10.5 Å². The van der Waals surface area contributed by atoms with Gasteiger partial charge in [0.2, 0.25) is 0 Å². The molecule has 5 heteroatoms. The monoisotopic (exact) mass is 271 g/mol. The zero-order chi connectivity index (χ0) is 13.2. The van der Waals surface area contributed by atoms with Crippen molar-refractivity contribution in [2.24, 2.45) is 0 Å². The number of nitrogens with zero attached hydrogens (tertiary/aromatic N) is 1. The second-order valence-electron chi connectivity index (χ2n) is 4.07. The average molecular weight is 271 g/mol. The summed E-state index contributed by atoms with van der Waals surface area (Å²) in [4.78, 5) is 4.52. The Hall–Kier alpha value is -2.27. The van der Waals surface area contributed by atoms with Crippen molar-refractivity contribution in [1.82, 2.24) is 4.98 Å². The van der Waals surface area contributed by atoms with Crippen molar-refractivity contribution in [2.45, 2.75) is 0 Å². The molecule has 0 aliphatic carbocycles. The molecule has 0 fully saturated rings. The number of hydrogen-bond donors (Lipinski definition) is 2. The molecule has 19 heavy (non-hydrogen) atoms. The largest absolute Gasteiger partial charge is 0.495 e. The second kappa shape index (κ2) is 4.78. The van der Waals surface area contributed by atoms with E-state index in [0.29, 0.717) is 0 Å². The Morgan fingerprint density at radius 2 is 2.05 bits per heavy atom. The maximum Gasteiger partial charge on any atom is 0.188 e. The number of hydrogen-bond acceptors (Lipinski definition) is 5. The number of nitrogens with two attached hydrogens (primary N) is 1. The molecule has 0 spiro atoms. The second-order valence-corrected chi connectivity index (χ2v) is 5.10. The third kappa shape index (κ3) is 2.32. The van der Waals surface area contributed by atoms with E-state index in [1.165, 1.54) is 0 Å². The standard InChI is InChI=1S/C14H13N3OS/c1-18-12-5-3-2-4-10(12)16-14-17-11-7-6-9(15)8-13(11)19-14/h2-8H,15H2,1H3,(H,16,17). The number of fused-ring (bicyclic) bond motifs is 1. The number of methoxy groups -OCH3 is 1. The number of thiazole rings is 1. The van der Waals surface area contributed by atoms with Crippen LogP contribution in [-0.2, 0) is 0 Å². The van der Waals surface area contributed by atoms with Gasteiger partial charge in [0.05, 0.1) is 23.0 Å². The van der Waals surface area contributed by atoms with Crippen molar-refractivity contribution in [3.8, 4) is 5.75 Å². The van der Waals surface area contributed by atoms with Gasteiger partial charge >= 0.3 is 0 Å². The summed E-state index contributed by atoms with van der Waals surface area (Å²) in [5, 5.41) is 4.10. The number of para-hydroxylation sites is 2. The third-order valence-corrected chi connectivity index (χ3v) is 3.69. The Morgan fingerprint density at radius 1 is 1.21 bits per heavy atom. The van der Waals surface area contributed by atoms with Crippen LogP contribution in [0.2, 0.25) is 0 Å². The highest BCUT2D eigenvalue weighted by Gasteiger charge is 2.07. The number of aromatic nitrogens is 1. The molecule has 0 saturated heterocycles. The summed E-state index contributed by atoms with van der Waals surface area (Å²) in [5.74, 6) is 0.793. The Bertz CT molecular complexity index is 724. The van der Waals surface area contributed by atoms with Gasteiger partial charge in [-0.1, -0.05) is 23.5 Å². The van der Waals surface area contributed by atoms with Gasteiger partial charge in [0.25, 0.3) is 0 Å². The number of benzene rings is 2. The zero-order valence-corrected chi connectivity index (χ0v) is 11.2. The Labute approximate surface area is 114 Å². The zero-order valence-electron chi connectivity index (χ0n) is 10.4. The minimum atomic E-state index is 0.750. The topological polar surface area (TPSA) is 60.2 Å². The predicted molar refractivity (Wildman–Crippen MR) is 80.3 cm³/mol. The third-order valence-electron chi connectivity index (χ3n) is 2.76. The number of anilines is 3. The van der Waals surface area contributed by atoms with Gasteiger partial charge in [0.15, 0.2) is 5.13 Å². The average Bonchev–Trinajstić information content (AvgIpc) is 2.80. The summed E-state index contributed by atoms with van der Waals surface area (Å²) in [6, 6.07) is 13.5. The van der Waals surface area contributed by atoms with Crippen LogP contribution in [0.4, 0.5) is 16.5 Å². The molecule has 1 heterocycles. The molecular weight excluding hydrogens is 258 g/mol. The molecule has 3 rings (SSSR count). The highest BCUT2D eigenvalue weighted by Crippen LogP contribution is 2.32. The fourth-order valence-corrected chi connectivity index (χ4v) is 2.78. The van der Waals surface area contributed by atoms with Gasteiger partial charge in [-0.15, -0.1) is 0 Å². The van der Waals surface area contributed by atoms with E-state index in [0.717, 1.165) is 32.5 Å². The summed E-state index contributed by atoms with van der Waals surface area (Å²) in [6.45, 7) is 0. The van der Waals surface area contributed by atoms with Crippen LogP contribution in [0, 0.1) is 0 Å². The first-order valence-electron chi connectivity index (χ1n) is 5.82. The van der Waals surface area contributed by atoms with Crippen LogP contribution in [0.3, 0.4) is 0 Å². The van der Waals surface area contributed by atoms with E-state index >= 15 is 0 Å². The van der Waals surface area contributed by atoms with E-state index in [9.17, 15) is 0 Å². The number of nitrogen functional groups attached to an aromatic ring is 1. The van der Waals surface area contributed by atoms with Gasteiger partial charge in [0.1, 0.15) is 5.75 Å². The summed E-state index contributed by atoms with van der Waals surface area (Å²) < 4.78 is 6.37. The number of ether oxygens (including phenoxy) is 1. The Morgan fingerprint density at radius 3 is 2.89 bits per heavy atom. The van der Waals surface area contributed by atoms with E-state index in [1.807, 2.05) is 42.5 Å². The van der Waals surface area contributed by atoms with Crippen molar-refractivity contribution in [1.29, 1.82) is 0 Å². The molecule has 0 saturated carbocycles. The molecule has 2 aromatic carbocycles. The maximum absolute atomic E-state index is 5.77. The lowest BCUT2D eigenvalue weighted by atomic mass is 10.3. The van der Waals surface area contributed by atoms with Crippen LogP contribution in [0.25, 0.3) is 10.2 Å². The van der Waals surface area contributed by atoms with E-state index in [1.54, 1.807) is 18.4 Å². The summed E-state index contributed by atoms with van der Waals surface area (Å²) in [5.41, 5.74) is 8.36. The highest BCUT2D eigenvalue weighted by molar-refractivity contribution is 7.22. The summed E-state index contributed by atoms with van der Waals surface area (Å²) >= 11 is 1.57. The Kier molecular flexibility index (Phi) is 2.97. The Balaban J connectivity index is 1.96. The van der Waals surface area contributed by atoms with E-state index in [-0.39, 0.29) is 0 Å². The van der Waals surface area contributed by atoms with E-state index in [2.05, 4.69) is 10.3 Å². The SMILES string of the molecule is COc1ccccc1Nc1nc2ccc(N)cc2s1. The van der Waals surface area contributed by atoms with Gasteiger partial charge in [-0.3, -0.25) is 0 Å². The van der Waals surface area contributed by atoms with Crippen LogP contribution in [0.15, 0.2) is 42.5 Å². The van der Waals surface area contributed by atoms with Crippen molar-refractivity contribution in [3.63, 3.8) is 0 Å². The molecule has 0 unspecified atom stereocenters. The van der Waals surface area contributed by atoms with Gasteiger partial charge in [-0.2, -0.15) is 0 Å². The molecule has 0 radical (unpaired) electrons. The van der Waals surface area contributed by atoms with Gasteiger partial charge in [-0.25, -0.2) is 4.98 Å². The smallest absolute Gasteiger partial charge is 0.188 e. The lowest BCUT2D eigenvalue weighted by Crippen LogP contribution is -1.93. The fourth-order valence-electron chi connectivity index (χ4n) is 1.86. The first-order valence-corrected chi connectivity index (χ1v) is 6.64. The minimum Gasteiger partial charge on any atom is -0.495 e. The molecular formula is C14H13N3OS. The van der Waals surface area contributed by atoms with Crippen LogP contribution in [0.5, 0.6) is 5.75 Å². The van der Waals surface area contributed by atoms with Crippen molar-refractivity contribution in [3.05, 3.63) is 42.5 Å². The van der Waals surface area contributed by atoms with Crippen molar-refractivity contribution in [2.75, 3.05) is 18.2 Å². The lowest BCUT2D eigenvalue weighted by Gasteiger charge is -2.07. The normalized spacial score (nSPS) is 10.6. The van der Waals surface area contributed by atoms with Gasteiger partial charge in [-0.05, 0) is 30.3 Å². The molecule has 4 nitrogen and oxygen atoms in total. The van der Waals surface area contributed by atoms with Crippen LogP contribution < -0.4 is 15.8 Å². The number of rotatable bonds is 3. The van der Waals surface area contributed by atoms with Crippen molar-refractivity contribution >= 4 is 38.1 Å². The van der Waals surface area contributed by atoms with Gasteiger partial charge < -0.3 is 15.8 Å². The van der Waals surface area contributed by atoms with Crippen LogP contribution in [0.1, 0.15) is 0 Å². The van der Waals surface area contributed by atoms with Gasteiger partial charge in [0, 0.05) is 5.69 Å². The molecule has 3 aromatic rings. The molecule has 96 valence electrons. The lowest BCUT2D eigenvalue weighted by molar-refractivity contribution is 0.417. The molecule has 3 N–H and O–H groups in total. The van der Waals surface area contributed by atoms with Crippen molar-refractivity contribution < 1.29 is 4.74 Å². The first-order chi connectivity index (χ1) is 9.26. The molecule has 1 aromatic heterocycles. The maximum atomic E-state index is 5.77. The van der Waals surface area contributed by atoms with Crippen LogP contribution in [-0.4, -0.2) is 12.1 Å². The minimum absolute atomic E-state index is 0.750. The quantitative estimate of drug-likeness (QED) is 0.714. The van der Waals surface area contributed by atoms with Crippen LogP contribution >= 0.6 is 11.3 Å². The predicted octanol–water partition coefficient (Wildman–Crippen LogP) is 3.63. The number of nitrogens with one attached hydrogen (secondary N) is 1. The molecule has 0 atom stereocenters. The first kappa shape index (κ1) is 11.8. The summed E-state index contributed by atoms with van der Waals surface area (Å²) in [6.07, 6.45) is 0. The molecule has 0 amide bonds. The molecule has 0 aliphatic rings. The summed E-state index contributed by atoms with van der Waals surface area (Å²) in [7, 11) is 1.65. The highest BCUT2D eigenvalue weighted by atomic mass is 32.1. The molecule has 0 bridgehead atoms.